The fourth-order valence-electron chi connectivity index (χ4n) is 2.30. The van der Waals surface area contributed by atoms with Gasteiger partial charge in [-0.05, 0) is 13.0 Å². The summed E-state index contributed by atoms with van der Waals surface area (Å²) in [6.45, 7) is 3.45. The maximum absolute atomic E-state index is 11.9. The van der Waals surface area contributed by atoms with Crippen LogP contribution in [0.25, 0.3) is 0 Å². The van der Waals surface area contributed by atoms with Crippen LogP contribution in [0.4, 0.5) is 0 Å². The van der Waals surface area contributed by atoms with E-state index in [0.29, 0.717) is 6.04 Å². The van der Waals surface area contributed by atoms with Gasteiger partial charge in [-0.2, -0.15) is 0 Å². The molecule has 0 amide bonds. The number of H-pyrrole nitrogens is 1. The van der Waals surface area contributed by atoms with Gasteiger partial charge in [0, 0.05) is 19.6 Å². The molecule has 2 aliphatic rings. The summed E-state index contributed by atoms with van der Waals surface area (Å²) in [4.78, 5) is 11.9. The van der Waals surface area contributed by atoms with E-state index in [1.807, 2.05) is 0 Å². The molecule has 1 atom stereocenters. The van der Waals surface area contributed by atoms with Gasteiger partial charge in [0.25, 0.3) is 5.56 Å². The van der Waals surface area contributed by atoms with E-state index in [-0.39, 0.29) is 5.56 Å². The molecule has 0 bridgehead atoms. The lowest BCUT2D eigenvalue weighted by molar-refractivity contribution is 0.468. The summed E-state index contributed by atoms with van der Waals surface area (Å²) in [5.41, 5.74) is 2.16. The van der Waals surface area contributed by atoms with E-state index in [2.05, 4.69) is 15.7 Å². The first-order valence-corrected chi connectivity index (χ1v) is 5.10. The smallest absolute Gasteiger partial charge is 0.271 e. The minimum atomic E-state index is 0.165. The van der Waals surface area contributed by atoms with Crippen molar-refractivity contribution in [3.63, 3.8) is 0 Å². The molecule has 76 valence electrons. The Labute approximate surface area is 81.5 Å². The Morgan fingerprint density at radius 2 is 2.21 bits per heavy atom. The van der Waals surface area contributed by atoms with Gasteiger partial charge in [-0.25, -0.2) is 4.68 Å². The predicted molar refractivity (Wildman–Crippen MR) is 52.1 cm³/mol. The van der Waals surface area contributed by atoms with Crippen LogP contribution in [0.2, 0.25) is 0 Å². The summed E-state index contributed by atoms with van der Waals surface area (Å²) in [7, 11) is 0. The molecule has 1 unspecified atom stereocenters. The number of hydrogen-bond donors (Lipinski definition) is 3. The third-order valence-corrected chi connectivity index (χ3v) is 3.10. The molecule has 0 radical (unpaired) electrons. The molecule has 2 aliphatic heterocycles. The van der Waals surface area contributed by atoms with Crippen molar-refractivity contribution in [3.8, 4) is 0 Å². The molecular formula is C9H14N4O. The average Bonchev–Trinajstić information content (AvgIpc) is 2.84. The first kappa shape index (κ1) is 8.26. The fourth-order valence-corrected chi connectivity index (χ4v) is 2.30. The summed E-state index contributed by atoms with van der Waals surface area (Å²) in [6.07, 6.45) is 1.05. The van der Waals surface area contributed by atoms with Gasteiger partial charge in [0.1, 0.15) is 0 Å². The van der Waals surface area contributed by atoms with E-state index in [1.165, 1.54) is 0 Å². The second-order valence-electron chi connectivity index (χ2n) is 3.99. The van der Waals surface area contributed by atoms with E-state index in [1.54, 1.807) is 4.68 Å². The Hall–Kier alpha value is -1.07. The van der Waals surface area contributed by atoms with Crippen LogP contribution in [0, 0.1) is 0 Å². The summed E-state index contributed by atoms with van der Waals surface area (Å²) in [6, 6.07) is 0.327. The van der Waals surface area contributed by atoms with Crippen molar-refractivity contribution in [2.24, 2.45) is 0 Å². The Morgan fingerprint density at radius 1 is 1.29 bits per heavy atom. The highest BCUT2D eigenvalue weighted by Crippen LogP contribution is 2.15. The number of nitrogens with zero attached hydrogens (tertiary/aromatic N) is 1. The van der Waals surface area contributed by atoms with E-state index >= 15 is 0 Å². The summed E-state index contributed by atoms with van der Waals surface area (Å²) in [5, 5.41) is 9.64. The fraction of sp³-hybridized carbons (Fsp3) is 0.667. The van der Waals surface area contributed by atoms with Gasteiger partial charge >= 0.3 is 0 Å². The first-order valence-electron chi connectivity index (χ1n) is 5.10. The maximum atomic E-state index is 11.9. The molecule has 3 N–H and O–H groups in total. The molecule has 3 rings (SSSR count). The van der Waals surface area contributed by atoms with Gasteiger partial charge < -0.3 is 10.6 Å². The first-order chi connectivity index (χ1) is 6.86. The van der Waals surface area contributed by atoms with Crippen LogP contribution < -0.4 is 16.2 Å². The summed E-state index contributed by atoms with van der Waals surface area (Å²) >= 11 is 0. The number of aromatic amines is 1. The molecule has 3 heterocycles. The number of fused-ring (bicyclic) bond motifs is 1. The Balaban J connectivity index is 2.02. The molecular weight excluding hydrogens is 180 g/mol. The number of nitrogens with one attached hydrogen (secondary N) is 3. The lowest BCUT2D eigenvalue weighted by Gasteiger charge is -2.09. The zero-order valence-electron chi connectivity index (χ0n) is 7.97. The lowest BCUT2D eigenvalue weighted by atomic mass is 10.2. The van der Waals surface area contributed by atoms with Crippen LogP contribution >= 0.6 is 0 Å². The van der Waals surface area contributed by atoms with Crippen LogP contribution in [0.15, 0.2) is 4.79 Å². The summed E-state index contributed by atoms with van der Waals surface area (Å²) in [5.74, 6) is 0. The second-order valence-corrected chi connectivity index (χ2v) is 3.99. The molecule has 0 saturated carbocycles. The highest BCUT2D eigenvalue weighted by Gasteiger charge is 2.24. The highest BCUT2D eigenvalue weighted by molar-refractivity contribution is 5.21. The van der Waals surface area contributed by atoms with Crippen molar-refractivity contribution >= 4 is 0 Å². The minimum absolute atomic E-state index is 0.165. The van der Waals surface area contributed by atoms with Gasteiger partial charge in [-0.15, -0.1) is 0 Å². The molecule has 5 nitrogen and oxygen atoms in total. The SMILES string of the molecule is O=c1c2c([nH]n1C1CCNC1)CNC2. The molecule has 1 aromatic rings. The monoisotopic (exact) mass is 194 g/mol. The van der Waals surface area contributed by atoms with Crippen LogP contribution in [0.5, 0.6) is 0 Å². The third kappa shape index (κ3) is 1.06. The molecule has 1 fully saturated rings. The van der Waals surface area contributed by atoms with E-state index in [9.17, 15) is 4.79 Å². The lowest BCUT2D eigenvalue weighted by Crippen LogP contribution is -2.26. The molecule has 0 spiro atoms. The largest absolute Gasteiger partial charge is 0.315 e. The molecule has 0 aromatic carbocycles. The van der Waals surface area contributed by atoms with Gasteiger partial charge in [0.05, 0.1) is 17.3 Å². The van der Waals surface area contributed by atoms with Crippen molar-refractivity contribution in [1.29, 1.82) is 0 Å². The van der Waals surface area contributed by atoms with Crippen LogP contribution in [-0.4, -0.2) is 22.9 Å². The second kappa shape index (κ2) is 2.96. The molecule has 14 heavy (non-hydrogen) atoms. The Morgan fingerprint density at radius 3 is 2.93 bits per heavy atom. The molecule has 1 saturated heterocycles. The van der Waals surface area contributed by atoms with Crippen molar-refractivity contribution in [3.05, 3.63) is 21.6 Å². The molecule has 5 heteroatoms. The zero-order valence-corrected chi connectivity index (χ0v) is 7.97. The van der Waals surface area contributed by atoms with Crippen molar-refractivity contribution in [2.45, 2.75) is 25.6 Å². The molecule has 1 aromatic heterocycles. The highest BCUT2D eigenvalue weighted by atomic mass is 16.1. The average molecular weight is 194 g/mol. The quantitative estimate of drug-likeness (QED) is 0.555. The Bertz CT molecular complexity index is 399. The zero-order chi connectivity index (χ0) is 9.54. The number of rotatable bonds is 1. The van der Waals surface area contributed by atoms with Crippen molar-refractivity contribution in [1.82, 2.24) is 20.4 Å². The van der Waals surface area contributed by atoms with Crippen LogP contribution in [-0.2, 0) is 13.1 Å². The standard InChI is InChI=1S/C9H14N4O/c14-9-7-4-11-5-8(7)12-13(9)6-1-2-10-3-6/h6,10-12H,1-5H2. The number of hydrogen-bond acceptors (Lipinski definition) is 3. The van der Waals surface area contributed by atoms with E-state index < -0.39 is 0 Å². The van der Waals surface area contributed by atoms with Gasteiger partial charge in [0.15, 0.2) is 0 Å². The van der Waals surface area contributed by atoms with Crippen molar-refractivity contribution < 1.29 is 0 Å². The summed E-state index contributed by atoms with van der Waals surface area (Å²) < 4.78 is 1.80. The predicted octanol–water partition coefficient (Wildman–Crippen LogP) is -0.686. The van der Waals surface area contributed by atoms with E-state index in [0.717, 1.165) is 43.9 Å². The van der Waals surface area contributed by atoms with E-state index in [4.69, 9.17) is 0 Å². The van der Waals surface area contributed by atoms with Crippen LogP contribution in [0.1, 0.15) is 23.7 Å². The van der Waals surface area contributed by atoms with Crippen molar-refractivity contribution in [2.75, 3.05) is 13.1 Å². The van der Waals surface area contributed by atoms with Gasteiger partial charge in [-0.3, -0.25) is 9.89 Å². The minimum Gasteiger partial charge on any atom is -0.315 e. The number of aromatic nitrogens is 2. The van der Waals surface area contributed by atoms with Gasteiger partial charge in [-0.1, -0.05) is 0 Å². The third-order valence-electron chi connectivity index (χ3n) is 3.10. The Kier molecular flexibility index (Phi) is 1.75. The normalized spacial score (nSPS) is 25.6. The van der Waals surface area contributed by atoms with Crippen LogP contribution in [0.3, 0.4) is 0 Å². The maximum Gasteiger partial charge on any atom is 0.271 e. The van der Waals surface area contributed by atoms with Gasteiger partial charge in [0.2, 0.25) is 0 Å². The topological polar surface area (TPSA) is 61.9 Å². The molecule has 0 aliphatic carbocycles.